The summed E-state index contributed by atoms with van der Waals surface area (Å²) in [5.74, 6) is 2.18. The number of aliphatic hydroxyl groups excluding tert-OH is 1. The molecule has 1 saturated heterocycles. The summed E-state index contributed by atoms with van der Waals surface area (Å²) in [5.41, 5.74) is 2.61. The van der Waals surface area contributed by atoms with Crippen LogP contribution in [0.3, 0.4) is 0 Å². The molecule has 1 aromatic heterocycles. The van der Waals surface area contributed by atoms with E-state index in [1.165, 1.54) is 11.8 Å². The second-order valence-corrected chi connectivity index (χ2v) is 9.47. The Balaban J connectivity index is 1.14. The number of carbonyl (C=O) groups excluding carboxylic acids is 1. The molecule has 3 heterocycles. The molecule has 10 heteroatoms. The van der Waals surface area contributed by atoms with Gasteiger partial charge in [0, 0.05) is 55.2 Å². The van der Waals surface area contributed by atoms with Crippen LogP contribution in [0.1, 0.15) is 0 Å². The predicted molar refractivity (Wildman–Crippen MR) is 135 cm³/mol. The molecule has 0 saturated carbocycles. The van der Waals surface area contributed by atoms with Crippen molar-refractivity contribution in [1.82, 2.24) is 14.9 Å². The van der Waals surface area contributed by atoms with Crippen molar-refractivity contribution in [2.24, 2.45) is 0 Å². The van der Waals surface area contributed by atoms with Crippen molar-refractivity contribution in [2.75, 3.05) is 67.7 Å². The van der Waals surface area contributed by atoms with E-state index >= 15 is 0 Å². The Morgan fingerprint density at radius 3 is 2.85 bits per heavy atom. The first-order valence-corrected chi connectivity index (χ1v) is 12.3. The number of piperazine rings is 1. The Morgan fingerprint density at radius 1 is 1.18 bits per heavy atom. The maximum absolute atomic E-state index is 11.6. The summed E-state index contributed by atoms with van der Waals surface area (Å²) in [5, 5.41) is 17.8. The minimum Gasteiger partial charge on any atom is -0.497 e. The molecule has 2 aliphatic heterocycles. The van der Waals surface area contributed by atoms with Crippen LogP contribution < -0.4 is 20.3 Å². The van der Waals surface area contributed by atoms with Crippen LogP contribution in [-0.2, 0) is 4.79 Å². The van der Waals surface area contributed by atoms with E-state index < -0.39 is 6.10 Å². The largest absolute Gasteiger partial charge is 0.497 e. The smallest absolute Gasteiger partial charge is 0.234 e. The number of nitrogens with one attached hydrogen (secondary N) is 2. The minimum absolute atomic E-state index is 0.0166. The van der Waals surface area contributed by atoms with Gasteiger partial charge < -0.3 is 25.4 Å². The summed E-state index contributed by atoms with van der Waals surface area (Å²) in [6.45, 7) is 4.37. The predicted octanol–water partition coefficient (Wildman–Crippen LogP) is 2.28. The molecule has 0 spiro atoms. The third-order valence-corrected chi connectivity index (χ3v) is 7.19. The lowest BCUT2D eigenvalue weighted by atomic mass is 10.2. The number of amides is 1. The lowest BCUT2D eigenvalue weighted by molar-refractivity contribution is -0.113. The third kappa shape index (κ3) is 5.03. The molecule has 3 aromatic rings. The summed E-state index contributed by atoms with van der Waals surface area (Å²) < 4.78 is 5.38. The molecule has 1 atom stereocenters. The van der Waals surface area contributed by atoms with Crippen LogP contribution in [0, 0.1) is 0 Å². The molecule has 3 N–H and O–H groups in total. The number of rotatable bonds is 7. The first-order valence-electron chi connectivity index (χ1n) is 11.3. The van der Waals surface area contributed by atoms with Gasteiger partial charge in [-0.1, -0.05) is 0 Å². The highest BCUT2D eigenvalue weighted by molar-refractivity contribution is 8.00. The highest BCUT2D eigenvalue weighted by Crippen LogP contribution is 2.33. The number of hydrogen-bond donors (Lipinski definition) is 3. The van der Waals surface area contributed by atoms with Gasteiger partial charge >= 0.3 is 0 Å². The molecule has 178 valence electrons. The van der Waals surface area contributed by atoms with E-state index in [0.29, 0.717) is 18.8 Å². The van der Waals surface area contributed by atoms with Gasteiger partial charge in [-0.3, -0.25) is 9.69 Å². The van der Waals surface area contributed by atoms with Gasteiger partial charge in [0.2, 0.25) is 5.91 Å². The molecular weight excluding hydrogens is 452 g/mol. The number of thioether (sulfide) groups is 1. The first-order chi connectivity index (χ1) is 16.6. The fraction of sp³-hybridized carbons (Fsp3) is 0.375. The van der Waals surface area contributed by atoms with E-state index in [9.17, 15) is 9.90 Å². The van der Waals surface area contributed by atoms with Crippen molar-refractivity contribution in [3.05, 3.63) is 42.7 Å². The summed E-state index contributed by atoms with van der Waals surface area (Å²) >= 11 is 1.54. The molecule has 5 rings (SSSR count). The number of ether oxygens (including phenoxy) is 1. The molecule has 2 aliphatic rings. The van der Waals surface area contributed by atoms with Crippen molar-refractivity contribution in [3.63, 3.8) is 0 Å². The quantitative estimate of drug-likeness (QED) is 0.470. The van der Waals surface area contributed by atoms with E-state index in [-0.39, 0.29) is 5.91 Å². The van der Waals surface area contributed by atoms with E-state index in [0.717, 1.165) is 64.9 Å². The summed E-state index contributed by atoms with van der Waals surface area (Å²) in [4.78, 5) is 26.1. The van der Waals surface area contributed by atoms with Crippen LogP contribution >= 0.6 is 11.8 Å². The molecule has 2 aromatic carbocycles. The number of aliphatic hydroxyl groups is 1. The average molecular weight is 481 g/mol. The van der Waals surface area contributed by atoms with E-state index in [4.69, 9.17) is 4.74 Å². The van der Waals surface area contributed by atoms with Crippen molar-refractivity contribution in [3.8, 4) is 5.75 Å². The Bertz CT molecular complexity index is 1180. The van der Waals surface area contributed by atoms with Crippen LogP contribution in [0.15, 0.2) is 47.6 Å². The van der Waals surface area contributed by atoms with Gasteiger partial charge in [0.15, 0.2) is 0 Å². The molecule has 9 nitrogen and oxygen atoms in total. The second-order valence-electron chi connectivity index (χ2n) is 8.45. The first kappa shape index (κ1) is 22.7. The number of hydrogen-bond acceptors (Lipinski definition) is 9. The number of aromatic nitrogens is 2. The van der Waals surface area contributed by atoms with Gasteiger partial charge in [-0.25, -0.2) is 9.97 Å². The van der Waals surface area contributed by atoms with Gasteiger partial charge in [-0.05, 0) is 36.4 Å². The number of methoxy groups -OCH3 is 1. The zero-order valence-electron chi connectivity index (χ0n) is 19.0. The Labute approximate surface area is 202 Å². The average Bonchev–Trinajstić information content (AvgIpc) is 2.87. The fourth-order valence-corrected chi connectivity index (χ4v) is 5.12. The van der Waals surface area contributed by atoms with Crippen LogP contribution in [0.5, 0.6) is 5.75 Å². The number of fused-ring (bicyclic) bond motifs is 2. The standard InChI is InChI=1S/C24H28N6O3S/c1-33-18-3-4-20-19(11-18)24(27-15-26-20)30-8-6-29(7-9-30)13-17(31)12-25-16-2-5-22-21(10-16)28-23(32)14-34-22/h2-5,10-11,15,17,25,31H,6-9,12-14H2,1H3,(H,28,32). The molecule has 1 unspecified atom stereocenters. The molecule has 0 radical (unpaired) electrons. The molecule has 1 amide bonds. The van der Waals surface area contributed by atoms with Crippen LogP contribution in [0.4, 0.5) is 17.2 Å². The number of β-amino-alcohol motifs (C(OH)–C–C–N with tert-alkyl or cyclic N) is 1. The van der Waals surface area contributed by atoms with Crippen molar-refractivity contribution in [1.29, 1.82) is 0 Å². The Kier molecular flexibility index (Phi) is 6.70. The summed E-state index contributed by atoms with van der Waals surface area (Å²) in [6.07, 6.45) is 1.10. The number of carbonyl (C=O) groups is 1. The summed E-state index contributed by atoms with van der Waals surface area (Å²) in [6, 6.07) is 11.7. The van der Waals surface area contributed by atoms with Gasteiger partial charge in [-0.15, -0.1) is 11.8 Å². The zero-order valence-corrected chi connectivity index (χ0v) is 19.8. The topological polar surface area (TPSA) is 103 Å². The SMILES string of the molecule is COc1ccc2ncnc(N3CCN(CC(O)CNc4ccc5c(c4)NC(=O)CS5)CC3)c2c1. The number of nitrogens with zero attached hydrogens (tertiary/aromatic N) is 4. The van der Waals surface area contributed by atoms with Crippen LogP contribution in [-0.4, -0.2) is 84.1 Å². The van der Waals surface area contributed by atoms with Gasteiger partial charge in [-0.2, -0.15) is 0 Å². The zero-order chi connectivity index (χ0) is 23.5. The van der Waals surface area contributed by atoms with E-state index in [1.807, 2.05) is 36.4 Å². The normalized spacial score (nSPS) is 17.2. The maximum atomic E-state index is 11.6. The van der Waals surface area contributed by atoms with E-state index in [1.54, 1.807) is 13.4 Å². The van der Waals surface area contributed by atoms with E-state index in [2.05, 4.69) is 30.4 Å². The van der Waals surface area contributed by atoms with Crippen molar-refractivity contribution >= 4 is 45.8 Å². The monoisotopic (exact) mass is 480 g/mol. The molecule has 0 bridgehead atoms. The Morgan fingerprint density at radius 2 is 2.03 bits per heavy atom. The molecule has 1 fully saturated rings. The summed E-state index contributed by atoms with van der Waals surface area (Å²) in [7, 11) is 1.66. The lowest BCUT2D eigenvalue weighted by Gasteiger charge is -2.36. The highest BCUT2D eigenvalue weighted by atomic mass is 32.2. The lowest BCUT2D eigenvalue weighted by Crippen LogP contribution is -2.49. The fourth-order valence-electron chi connectivity index (χ4n) is 4.33. The molecule has 34 heavy (non-hydrogen) atoms. The highest BCUT2D eigenvalue weighted by Gasteiger charge is 2.22. The second kappa shape index (κ2) is 10.0. The van der Waals surface area contributed by atoms with Gasteiger partial charge in [0.25, 0.3) is 0 Å². The number of anilines is 3. The van der Waals surface area contributed by atoms with Crippen LogP contribution in [0.25, 0.3) is 10.9 Å². The Hall–Kier alpha value is -3.08. The molecule has 0 aliphatic carbocycles. The van der Waals surface area contributed by atoms with Gasteiger partial charge in [0.1, 0.15) is 17.9 Å². The minimum atomic E-state index is -0.504. The number of benzene rings is 2. The van der Waals surface area contributed by atoms with Crippen molar-refractivity contribution < 1.29 is 14.6 Å². The van der Waals surface area contributed by atoms with Crippen LogP contribution in [0.2, 0.25) is 0 Å². The van der Waals surface area contributed by atoms with Crippen molar-refractivity contribution in [2.45, 2.75) is 11.0 Å². The molecular formula is C24H28N6O3S. The maximum Gasteiger partial charge on any atom is 0.234 e. The van der Waals surface area contributed by atoms with Gasteiger partial charge in [0.05, 0.1) is 30.2 Å². The third-order valence-electron chi connectivity index (χ3n) is 6.12.